The van der Waals surface area contributed by atoms with Crippen LogP contribution in [0.1, 0.15) is 5.56 Å². The topological polar surface area (TPSA) is 73.6 Å². The number of anilines is 1. The van der Waals surface area contributed by atoms with Crippen molar-refractivity contribution in [3.63, 3.8) is 0 Å². The van der Waals surface area contributed by atoms with Crippen LogP contribution in [0.5, 0.6) is 11.5 Å². The molecule has 4 aromatic rings. The molecule has 6 heteroatoms. The maximum absolute atomic E-state index is 12.3. The van der Waals surface area contributed by atoms with Crippen LogP contribution in [0.25, 0.3) is 22.6 Å². The Morgan fingerprint density at radius 2 is 1.79 bits per heavy atom. The van der Waals surface area contributed by atoms with Crippen molar-refractivity contribution in [2.45, 2.75) is 6.92 Å². The fourth-order valence-electron chi connectivity index (χ4n) is 3.01. The van der Waals surface area contributed by atoms with Crippen molar-refractivity contribution in [3.05, 3.63) is 72.3 Å². The third-order valence-corrected chi connectivity index (χ3v) is 4.48. The molecule has 6 nitrogen and oxygen atoms in total. The highest BCUT2D eigenvalue weighted by Gasteiger charge is 2.12. The molecule has 0 saturated heterocycles. The summed E-state index contributed by atoms with van der Waals surface area (Å²) >= 11 is 0. The van der Waals surface area contributed by atoms with Gasteiger partial charge in [-0.05, 0) is 42.8 Å². The zero-order valence-electron chi connectivity index (χ0n) is 16.1. The molecule has 0 aliphatic carbocycles. The van der Waals surface area contributed by atoms with Crippen LogP contribution in [-0.4, -0.2) is 24.6 Å². The van der Waals surface area contributed by atoms with Gasteiger partial charge in [-0.1, -0.05) is 30.3 Å². The van der Waals surface area contributed by atoms with Crippen LogP contribution in [0.3, 0.4) is 0 Å². The number of amides is 1. The predicted octanol–water partition coefficient (Wildman–Crippen LogP) is 4.83. The van der Waals surface area contributed by atoms with Gasteiger partial charge in [0.2, 0.25) is 5.89 Å². The van der Waals surface area contributed by atoms with Crippen molar-refractivity contribution in [2.24, 2.45) is 0 Å². The Morgan fingerprint density at radius 1 is 1.03 bits per heavy atom. The molecule has 146 valence electrons. The molecule has 4 rings (SSSR count). The monoisotopic (exact) mass is 388 g/mol. The summed E-state index contributed by atoms with van der Waals surface area (Å²) in [6.07, 6.45) is 0. The molecule has 1 heterocycles. The standard InChI is InChI=1S/C23H20N2O4/c1-15-7-3-4-8-17(15)23-25-18-12-11-16(13-21(18)29-23)24-22(26)14-28-20-10-6-5-9-19(20)27-2/h3-13H,14H2,1-2H3,(H,24,26). The minimum absolute atomic E-state index is 0.136. The number of nitrogens with zero attached hydrogens (tertiary/aromatic N) is 1. The summed E-state index contributed by atoms with van der Waals surface area (Å²) in [4.78, 5) is 16.8. The van der Waals surface area contributed by atoms with Crippen LogP contribution in [0.2, 0.25) is 0 Å². The summed E-state index contributed by atoms with van der Waals surface area (Å²) in [5, 5.41) is 2.81. The lowest BCUT2D eigenvalue weighted by Crippen LogP contribution is -2.20. The highest BCUT2D eigenvalue weighted by Crippen LogP contribution is 2.28. The van der Waals surface area contributed by atoms with Gasteiger partial charge in [-0.3, -0.25) is 4.79 Å². The second-order valence-electron chi connectivity index (χ2n) is 6.50. The van der Waals surface area contributed by atoms with E-state index in [2.05, 4.69) is 10.3 Å². The van der Waals surface area contributed by atoms with E-state index in [-0.39, 0.29) is 12.5 Å². The smallest absolute Gasteiger partial charge is 0.262 e. The molecule has 3 aromatic carbocycles. The number of methoxy groups -OCH3 is 1. The minimum Gasteiger partial charge on any atom is -0.493 e. The van der Waals surface area contributed by atoms with E-state index < -0.39 is 0 Å². The molecule has 0 saturated carbocycles. The number of nitrogens with one attached hydrogen (secondary N) is 1. The number of hydrogen-bond donors (Lipinski definition) is 1. The minimum atomic E-state index is -0.283. The molecule has 1 amide bonds. The van der Waals surface area contributed by atoms with Gasteiger partial charge in [0.05, 0.1) is 7.11 Å². The van der Waals surface area contributed by atoms with Gasteiger partial charge in [-0.2, -0.15) is 0 Å². The van der Waals surface area contributed by atoms with Crippen LogP contribution >= 0.6 is 0 Å². The number of oxazole rings is 1. The molecule has 0 bridgehead atoms. The second-order valence-corrected chi connectivity index (χ2v) is 6.50. The summed E-state index contributed by atoms with van der Waals surface area (Å²) in [7, 11) is 1.56. The van der Waals surface area contributed by atoms with E-state index >= 15 is 0 Å². The van der Waals surface area contributed by atoms with Crippen molar-refractivity contribution >= 4 is 22.7 Å². The van der Waals surface area contributed by atoms with E-state index in [9.17, 15) is 4.79 Å². The molecule has 0 spiro atoms. The van der Waals surface area contributed by atoms with Crippen molar-refractivity contribution < 1.29 is 18.7 Å². The van der Waals surface area contributed by atoms with Crippen molar-refractivity contribution in [3.8, 4) is 23.0 Å². The van der Waals surface area contributed by atoms with Crippen LogP contribution in [0, 0.1) is 6.92 Å². The normalized spacial score (nSPS) is 10.7. The zero-order chi connectivity index (χ0) is 20.2. The number of aromatic nitrogens is 1. The molecular formula is C23H20N2O4. The first-order valence-corrected chi connectivity index (χ1v) is 9.16. The summed E-state index contributed by atoms with van der Waals surface area (Å²) in [6.45, 7) is 1.88. The first-order valence-electron chi connectivity index (χ1n) is 9.16. The number of para-hydroxylation sites is 2. The fourth-order valence-corrected chi connectivity index (χ4v) is 3.01. The number of ether oxygens (including phenoxy) is 2. The third kappa shape index (κ3) is 4.06. The Balaban J connectivity index is 1.47. The van der Waals surface area contributed by atoms with Gasteiger partial charge in [0, 0.05) is 17.3 Å². The average molecular weight is 388 g/mol. The van der Waals surface area contributed by atoms with Gasteiger partial charge >= 0.3 is 0 Å². The third-order valence-electron chi connectivity index (χ3n) is 4.48. The number of carbonyl (C=O) groups is 1. The van der Waals surface area contributed by atoms with E-state index in [0.717, 1.165) is 16.6 Å². The zero-order valence-corrected chi connectivity index (χ0v) is 16.1. The number of benzene rings is 3. The summed E-state index contributed by atoms with van der Waals surface area (Å²) < 4.78 is 16.7. The molecular weight excluding hydrogens is 368 g/mol. The van der Waals surface area contributed by atoms with Crippen LogP contribution in [-0.2, 0) is 4.79 Å². The molecule has 0 unspecified atom stereocenters. The van der Waals surface area contributed by atoms with E-state index in [1.807, 2.05) is 49.4 Å². The molecule has 1 N–H and O–H groups in total. The molecule has 0 atom stereocenters. The van der Waals surface area contributed by atoms with Crippen LogP contribution < -0.4 is 14.8 Å². The Kier molecular flexibility index (Phi) is 5.16. The van der Waals surface area contributed by atoms with Crippen molar-refractivity contribution in [1.29, 1.82) is 0 Å². The lowest BCUT2D eigenvalue weighted by molar-refractivity contribution is -0.118. The SMILES string of the molecule is COc1ccccc1OCC(=O)Nc1ccc2nc(-c3ccccc3C)oc2c1. The van der Waals surface area contributed by atoms with Crippen molar-refractivity contribution in [2.75, 3.05) is 19.0 Å². The summed E-state index contributed by atoms with van der Waals surface area (Å²) in [5.41, 5.74) is 3.97. The lowest BCUT2D eigenvalue weighted by Gasteiger charge is -2.10. The summed E-state index contributed by atoms with van der Waals surface area (Å²) in [6, 6.07) is 20.4. The summed E-state index contributed by atoms with van der Waals surface area (Å²) in [5.74, 6) is 1.36. The van der Waals surface area contributed by atoms with Gasteiger partial charge < -0.3 is 19.2 Å². The molecule has 29 heavy (non-hydrogen) atoms. The van der Waals surface area contributed by atoms with Crippen LogP contribution in [0.4, 0.5) is 5.69 Å². The number of aryl methyl sites for hydroxylation is 1. The Labute approximate surface area is 168 Å². The molecule has 1 aromatic heterocycles. The lowest BCUT2D eigenvalue weighted by atomic mass is 10.1. The van der Waals surface area contributed by atoms with E-state index in [1.54, 1.807) is 31.4 Å². The molecule has 0 aliphatic heterocycles. The second kappa shape index (κ2) is 8.06. The molecule has 0 fully saturated rings. The Hall–Kier alpha value is -3.80. The Bertz CT molecular complexity index is 1170. The quantitative estimate of drug-likeness (QED) is 0.512. The van der Waals surface area contributed by atoms with Gasteiger partial charge in [-0.15, -0.1) is 0 Å². The van der Waals surface area contributed by atoms with E-state index in [1.165, 1.54) is 0 Å². The number of hydrogen-bond acceptors (Lipinski definition) is 5. The molecule has 0 aliphatic rings. The van der Waals surface area contributed by atoms with E-state index in [4.69, 9.17) is 13.9 Å². The largest absolute Gasteiger partial charge is 0.493 e. The number of rotatable bonds is 6. The molecule has 0 radical (unpaired) electrons. The predicted molar refractivity (Wildman–Crippen MR) is 111 cm³/mol. The number of fused-ring (bicyclic) bond motifs is 1. The van der Waals surface area contributed by atoms with Crippen molar-refractivity contribution in [1.82, 2.24) is 4.98 Å². The fraction of sp³-hybridized carbons (Fsp3) is 0.130. The van der Waals surface area contributed by atoms with Gasteiger partial charge in [0.1, 0.15) is 5.52 Å². The number of carbonyl (C=O) groups excluding carboxylic acids is 1. The first kappa shape index (κ1) is 18.6. The first-order chi connectivity index (χ1) is 14.1. The maximum atomic E-state index is 12.3. The van der Waals surface area contributed by atoms with E-state index in [0.29, 0.717) is 28.7 Å². The average Bonchev–Trinajstić information content (AvgIpc) is 3.16. The van der Waals surface area contributed by atoms with Gasteiger partial charge in [0.15, 0.2) is 23.7 Å². The highest BCUT2D eigenvalue weighted by molar-refractivity contribution is 5.94. The van der Waals surface area contributed by atoms with Gasteiger partial charge in [0.25, 0.3) is 5.91 Å². The van der Waals surface area contributed by atoms with Gasteiger partial charge in [-0.25, -0.2) is 4.98 Å². The maximum Gasteiger partial charge on any atom is 0.262 e. The van der Waals surface area contributed by atoms with Crippen LogP contribution in [0.15, 0.2) is 71.1 Å². The Morgan fingerprint density at radius 3 is 2.59 bits per heavy atom. The highest BCUT2D eigenvalue weighted by atomic mass is 16.5.